The van der Waals surface area contributed by atoms with Crippen LogP contribution in [0.1, 0.15) is 181 Å². The van der Waals surface area contributed by atoms with E-state index in [0.29, 0.717) is 0 Å². The Morgan fingerprint density at radius 2 is 0.556 bits per heavy atom. The summed E-state index contributed by atoms with van der Waals surface area (Å²) in [5.74, 6) is 0. The zero-order chi connectivity index (χ0) is 26.0. The predicted molar refractivity (Wildman–Crippen MR) is 162 cm³/mol. The Balaban J connectivity index is 3.07. The van der Waals surface area contributed by atoms with Gasteiger partial charge in [-0.15, -0.1) is 0 Å². The molecule has 0 atom stereocenters. The summed E-state index contributed by atoms with van der Waals surface area (Å²) in [6, 6.07) is 0. The van der Waals surface area contributed by atoms with Gasteiger partial charge in [0.05, 0.1) is 0 Å². The highest BCUT2D eigenvalue weighted by Gasteiger charge is 1.95. The molecule has 0 aliphatic rings. The normalized spacial score (nSPS) is 11.7. The molecule has 2 nitrogen and oxygen atoms in total. The molecule has 36 heavy (non-hydrogen) atoms. The van der Waals surface area contributed by atoms with Crippen LogP contribution in [0.3, 0.4) is 0 Å². The molecule has 0 N–H and O–H groups in total. The van der Waals surface area contributed by atoms with E-state index in [1.54, 1.807) is 0 Å². The van der Waals surface area contributed by atoms with Crippen molar-refractivity contribution in [3.8, 4) is 0 Å². The summed E-state index contributed by atoms with van der Waals surface area (Å²) in [4.78, 5) is 0. The van der Waals surface area contributed by atoms with E-state index in [4.69, 9.17) is 9.47 Å². The summed E-state index contributed by atoms with van der Waals surface area (Å²) in [5, 5.41) is 0. The zero-order valence-corrected chi connectivity index (χ0v) is 25.2. The number of hydrogen-bond acceptors (Lipinski definition) is 2. The molecule has 0 amide bonds. The van der Waals surface area contributed by atoms with Crippen molar-refractivity contribution in [3.63, 3.8) is 0 Å². The van der Waals surface area contributed by atoms with Crippen LogP contribution in [0.5, 0.6) is 0 Å². The molecule has 0 aliphatic carbocycles. The maximum atomic E-state index is 5.81. The summed E-state index contributed by atoms with van der Waals surface area (Å²) < 4.78 is 11.6. The third-order valence-corrected chi connectivity index (χ3v) is 7.27. The number of allylic oxidation sites excluding steroid dienone is 2. The van der Waals surface area contributed by atoms with E-state index in [1.807, 2.05) is 0 Å². The summed E-state index contributed by atoms with van der Waals surface area (Å²) in [6.07, 6.45) is 40.0. The van der Waals surface area contributed by atoms with Crippen LogP contribution in [0.4, 0.5) is 0 Å². The first kappa shape index (κ1) is 35.7. The van der Waals surface area contributed by atoms with Crippen LogP contribution in [0.2, 0.25) is 0 Å². The van der Waals surface area contributed by atoms with Crippen molar-refractivity contribution in [1.82, 2.24) is 0 Å². The number of hydrogen-bond donors (Lipinski definition) is 0. The van der Waals surface area contributed by atoms with Gasteiger partial charge in [-0.25, -0.2) is 0 Å². The Labute approximate surface area is 228 Å². The molecule has 0 rings (SSSR count). The molecule has 0 saturated carbocycles. The Morgan fingerprint density at radius 1 is 0.306 bits per heavy atom. The largest absolute Gasteiger partial charge is 0.381 e. The van der Waals surface area contributed by atoms with Gasteiger partial charge in [-0.3, -0.25) is 0 Å². The topological polar surface area (TPSA) is 18.5 Å². The van der Waals surface area contributed by atoms with E-state index >= 15 is 0 Å². The van der Waals surface area contributed by atoms with Gasteiger partial charge in [0, 0.05) is 26.4 Å². The quantitative estimate of drug-likeness (QED) is 0.0664. The van der Waals surface area contributed by atoms with Crippen molar-refractivity contribution >= 4 is 0 Å². The number of ether oxygens (including phenoxy) is 2. The maximum Gasteiger partial charge on any atom is 0.0466 e. The smallest absolute Gasteiger partial charge is 0.0466 e. The second-order valence-corrected chi connectivity index (χ2v) is 11.1. The van der Waals surface area contributed by atoms with E-state index < -0.39 is 0 Å². The van der Waals surface area contributed by atoms with Gasteiger partial charge in [0.2, 0.25) is 0 Å². The molecule has 0 spiro atoms. The van der Waals surface area contributed by atoms with E-state index in [2.05, 4.69) is 26.0 Å². The van der Waals surface area contributed by atoms with Crippen molar-refractivity contribution in [2.75, 3.05) is 26.4 Å². The molecule has 0 radical (unpaired) electrons. The highest BCUT2D eigenvalue weighted by Crippen LogP contribution is 2.12. The monoisotopic (exact) mass is 509 g/mol. The van der Waals surface area contributed by atoms with E-state index in [1.165, 1.54) is 167 Å². The average Bonchev–Trinajstić information content (AvgIpc) is 2.89. The number of unbranched alkanes of at least 4 members (excludes halogenated alkanes) is 22. The second kappa shape index (κ2) is 34.7. The molecule has 0 heterocycles. The van der Waals surface area contributed by atoms with Crippen molar-refractivity contribution in [2.24, 2.45) is 0 Å². The van der Waals surface area contributed by atoms with Crippen LogP contribution in [0.15, 0.2) is 12.2 Å². The SMILES string of the molecule is CCCCCCCCCCCCOCCCC/C=C/CCCCOCCCCCCCCCCCC. The molecule has 2 heteroatoms. The summed E-state index contributed by atoms with van der Waals surface area (Å²) in [6.45, 7) is 8.40. The van der Waals surface area contributed by atoms with Gasteiger partial charge in [0.25, 0.3) is 0 Å². The fraction of sp³-hybridized carbons (Fsp3) is 0.941. The molecular formula is C34H68O2. The average molecular weight is 509 g/mol. The Hall–Kier alpha value is -0.340. The zero-order valence-electron chi connectivity index (χ0n) is 25.2. The minimum absolute atomic E-state index is 0.946. The van der Waals surface area contributed by atoms with Crippen LogP contribution >= 0.6 is 0 Å². The third-order valence-electron chi connectivity index (χ3n) is 7.27. The molecule has 0 bridgehead atoms. The standard InChI is InChI=1S/C34H68O2/c1-3-5-7-9-11-13-15-19-23-27-31-35-33-29-25-21-17-18-22-26-30-34-36-32-28-24-20-16-14-12-10-8-6-4-2/h17-18H,3-16,19-34H2,1-2H3/b18-17+. The molecule has 0 fully saturated rings. The Bertz CT molecular complexity index is 357. The summed E-state index contributed by atoms with van der Waals surface area (Å²) >= 11 is 0. The molecule has 216 valence electrons. The van der Waals surface area contributed by atoms with E-state index in [-0.39, 0.29) is 0 Å². The van der Waals surface area contributed by atoms with Gasteiger partial charge in [0.1, 0.15) is 0 Å². The fourth-order valence-corrected chi connectivity index (χ4v) is 4.76. The molecule has 0 aromatic carbocycles. The van der Waals surface area contributed by atoms with E-state index in [0.717, 1.165) is 26.4 Å². The first-order valence-corrected chi connectivity index (χ1v) is 16.7. The summed E-state index contributed by atoms with van der Waals surface area (Å²) in [7, 11) is 0. The lowest BCUT2D eigenvalue weighted by Crippen LogP contribution is -1.97. The molecule has 0 saturated heterocycles. The summed E-state index contributed by atoms with van der Waals surface area (Å²) in [5.41, 5.74) is 0. The lowest BCUT2D eigenvalue weighted by atomic mass is 10.1. The van der Waals surface area contributed by atoms with Gasteiger partial charge < -0.3 is 9.47 Å². The van der Waals surface area contributed by atoms with Crippen LogP contribution in [-0.2, 0) is 9.47 Å². The number of rotatable bonds is 32. The van der Waals surface area contributed by atoms with Gasteiger partial charge in [-0.2, -0.15) is 0 Å². The van der Waals surface area contributed by atoms with Crippen LogP contribution < -0.4 is 0 Å². The Morgan fingerprint density at radius 3 is 0.861 bits per heavy atom. The van der Waals surface area contributed by atoms with Crippen molar-refractivity contribution in [1.29, 1.82) is 0 Å². The van der Waals surface area contributed by atoms with Gasteiger partial charge in [0.15, 0.2) is 0 Å². The van der Waals surface area contributed by atoms with Crippen LogP contribution in [0, 0.1) is 0 Å². The second-order valence-electron chi connectivity index (χ2n) is 11.1. The highest BCUT2D eigenvalue weighted by molar-refractivity contribution is 4.81. The van der Waals surface area contributed by atoms with E-state index in [9.17, 15) is 0 Å². The van der Waals surface area contributed by atoms with Crippen LogP contribution in [0.25, 0.3) is 0 Å². The van der Waals surface area contributed by atoms with Gasteiger partial charge >= 0.3 is 0 Å². The first-order valence-electron chi connectivity index (χ1n) is 16.7. The minimum Gasteiger partial charge on any atom is -0.381 e. The Kier molecular flexibility index (Phi) is 34.3. The van der Waals surface area contributed by atoms with Gasteiger partial charge in [-0.05, 0) is 51.4 Å². The molecular weight excluding hydrogens is 440 g/mol. The minimum atomic E-state index is 0.946. The fourth-order valence-electron chi connectivity index (χ4n) is 4.76. The molecule has 0 aliphatic heterocycles. The molecule has 0 aromatic heterocycles. The third kappa shape index (κ3) is 33.7. The molecule has 0 unspecified atom stereocenters. The van der Waals surface area contributed by atoms with Crippen molar-refractivity contribution in [3.05, 3.63) is 12.2 Å². The van der Waals surface area contributed by atoms with Gasteiger partial charge in [-0.1, -0.05) is 142 Å². The maximum absolute atomic E-state index is 5.81. The first-order chi connectivity index (χ1) is 17.9. The lowest BCUT2D eigenvalue weighted by molar-refractivity contribution is 0.126. The molecule has 0 aromatic rings. The lowest BCUT2D eigenvalue weighted by Gasteiger charge is -2.05. The predicted octanol–water partition coefficient (Wildman–Crippen LogP) is 11.8. The van der Waals surface area contributed by atoms with Crippen molar-refractivity contribution in [2.45, 2.75) is 181 Å². The van der Waals surface area contributed by atoms with Crippen molar-refractivity contribution < 1.29 is 9.47 Å². The highest BCUT2D eigenvalue weighted by atomic mass is 16.5. The van der Waals surface area contributed by atoms with Crippen LogP contribution in [-0.4, -0.2) is 26.4 Å².